The Morgan fingerprint density at radius 3 is 3.11 bits per heavy atom. The summed E-state index contributed by atoms with van der Waals surface area (Å²) in [5.74, 6) is 1.81. The summed E-state index contributed by atoms with van der Waals surface area (Å²) in [5.41, 5.74) is -0.388. The summed E-state index contributed by atoms with van der Waals surface area (Å²) in [6.07, 6.45) is 5.17. The van der Waals surface area contributed by atoms with Crippen molar-refractivity contribution < 1.29 is 9.26 Å². The molecule has 0 saturated heterocycles. The molecule has 1 fully saturated rings. The molecule has 0 bridgehead atoms. The van der Waals surface area contributed by atoms with Gasteiger partial charge in [0.15, 0.2) is 0 Å². The molecule has 2 unspecified atom stereocenters. The summed E-state index contributed by atoms with van der Waals surface area (Å²) in [6.45, 7) is 4.89. The van der Waals surface area contributed by atoms with Gasteiger partial charge >= 0.3 is 0 Å². The van der Waals surface area contributed by atoms with E-state index in [9.17, 15) is 0 Å². The van der Waals surface area contributed by atoms with Crippen LogP contribution >= 0.6 is 0 Å². The zero-order valence-electron chi connectivity index (χ0n) is 11.7. The lowest BCUT2D eigenvalue weighted by atomic mass is 9.78. The van der Waals surface area contributed by atoms with E-state index in [0.29, 0.717) is 37.1 Å². The van der Waals surface area contributed by atoms with Gasteiger partial charge in [-0.1, -0.05) is 18.5 Å². The topological polar surface area (TPSA) is 71.9 Å². The minimum absolute atomic E-state index is 0.388. The Hall–Kier alpha value is -1.41. The van der Waals surface area contributed by atoms with E-state index >= 15 is 0 Å². The lowest BCUT2D eigenvalue weighted by molar-refractivity contribution is -0.0891. The zero-order valence-corrected chi connectivity index (χ0v) is 11.7. The van der Waals surface area contributed by atoms with Gasteiger partial charge in [0.1, 0.15) is 5.60 Å². The number of aryl methyl sites for hydroxylation is 1. The van der Waals surface area contributed by atoms with Crippen molar-refractivity contribution in [2.24, 2.45) is 5.92 Å². The van der Waals surface area contributed by atoms with Gasteiger partial charge < -0.3 is 9.26 Å². The highest BCUT2D eigenvalue weighted by Crippen LogP contribution is 2.41. The fourth-order valence-corrected chi connectivity index (χ4v) is 2.88. The van der Waals surface area contributed by atoms with Gasteiger partial charge in [0, 0.05) is 19.4 Å². The van der Waals surface area contributed by atoms with Crippen LogP contribution < -0.4 is 0 Å². The molecule has 1 aliphatic rings. The molecule has 5 nitrogen and oxygen atoms in total. The Balaban J connectivity index is 2.18. The largest absolute Gasteiger partial charge is 0.367 e. The third kappa shape index (κ3) is 3.13. The molecule has 2 rings (SSSR count). The number of nitriles is 1. The van der Waals surface area contributed by atoms with Crippen LogP contribution in [0, 0.1) is 17.2 Å². The molecule has 0 aromatic carbocycles. The molecular formula is C14H21N3O2. The molecule has 1 aliphatic carbocycles. The monoisotopic (exact) mass is 263 g/mol. The molecule has 5 heteroatoms. The van der Waals surface area contributed by atoms with Crippen LogP contribution in [0.2, 0.25) is 0 Å². The van der Waals surface area contributed by atoms with Crippen LogP contribution in [0.1, 0.15) is 57.7 Å². The van der Waals surface area contributed by atoms with Crippen LogP contribution in [0.15, 0.2) is 4.52 Å². The number of aromatic nitrogens is 2. The summed E-state index contributed by atoms with van der Waals surface area (Å²) in [5, 5.41) is 12.7. The third-order valence-electron chi connectivity index (χ3n) is 3.70. The van der Waals surface area contributed by atoms with Crippen LogP contribution in [0.25, 0.3) is 0 Å². The summed E-state index contributed by atoms with van der Waals surface area (Å²) in [4.78, 5) is 4.44. The second-order valence-corrected chi connectivity index (χ2v) is 5.30. The predicted molar refractivity (Wildman–Crippen MR) is 69.2 cm³/mol. The highest BCUT2D eigenvalue weighted by atomic mass is 16.5. The fourth-order valence-electron chi connectivity index (χ4n) is 2.88. The van der Waals surface area contributed by atoms with Gasteiger partial charge in [-0.05, 0) is 32.1 Å². The molecule has 104 valence electrons. The standard InChI is InChI=1S/C14H21N3O2/c1-3-18-14(8-4-6-11(2)10-14)13-16-12(19-17-13)7-5-9-15/h11H,3-8,10H2,1-2H3. The Morgan fingerprint density at radius 1 is 1.58 bits per heavy atom. The quantitative estimate of drug-likeness (QED) is 0.816. The lowest BCUT2D eigenvalue weighted by Gasteiger charge is -2.37. The molecule has 19 heavy (non-hydrogen) atoms. The molecule has 0 N–H and O–H groups in total. The Labute approximate surface area is 113 Å². The minimum atomic E-state index is -0.388. The van der Waals surface area contributed by atoms with Gasteiger partial charge in [-0.3, -0.25) is 0 Å². The van der Waals surface area contributed by atoms with Crippen LogP contribution in [0.3, 0.4) is 0 Å². The van der Waals surface area contributed by atoms with Crippen LogP contribution in [-0.4, -0.2) is 16.7 Å². The number of rotatable bonds is 5. The molecular weight excluding hydrogens is 242 g/mol. The first kappa shape index (κ1) is 14.0. The molecule has 1 saturated carbocycles. The van der Waals surface area contributed by atoms with E-state index in [2.05, 4.69) is 23.1 Å². The van der Waals surface area contributed by atoms with Gasteiger partial charge in [0.25, 0.3) is 0 Å². The van der Waals surface area contributed by atoms with Crippen molar-refractivity contribution in [2.45, 2.75) is 58.0 Å². The highest BCUT2D eigenvalue weighted by Gasteiger charge is 2.41. The molecule has 1 aromatic rings. The van der Waals surface area contributed by atoms with E-state index in [-0.39, 0.29) is 5.60 Å². The summed E-state index contributed by atoms with van der Waals surface area (Å²) in [6, 6.07) is 2.09. The normalized spacial score (nSPS) is 27.1. The molecule has 2 atom stereocenters. The van der Waals surface area contributed by atoms with Crippen LogP contribution in [0.4, 0.5) is 0 Å². The van der Waals surface area contributed by atoms with Crippen molar-refractivity contribution in [3.8, 4) is 6.07 Å². The van der Waals surface area contributed by atoms with Crippen molar-refractivity contribution in [1.29, 1.82) is 5.26 Å². The van der Waals surface area contributed by atoms with E-state index in [1.807, 2.05) is 6.92 Å². The van der Waals surface area contributed by atoms with Gasteiger partial charge in [-0.25, -0.2) is 0 Å². The van der Waals surface area contributed by atoms with Gasteiger partial charge in [0.2, 0.25) is 11.7 Å². The SMILES string of the molecule is CCOC1(c2noc(CCC#N)n2)CCCC(C)C1. The minimum Gasteiger partial charge on any atom is -0.367 e. The average Bonchev–Trinajstić information content (AvgIpc) is 2.86. The molecule has 1 heterocycles. The molecule has 0 aliphatic heterocycles. The zero-order chi connectivity index (χ0) is 13.7. The molecule has 0 amide bonds. The van der Waals surface area contributed by atoms with E-state index in [1.54, 1.807) is 0 Å². The van der Waals surface area contributed by atoms with E-state index in [0.717, 1.165) is 19.3 Å². The third-order valence-corrected chi connectivity index (χ3v) is 3.70. The van der Waals surface area contributed by atoms with Gasteiger partial charge in [-0.2, -0.15) is 10.2 Å². The maximum absolute atomic E-state index is 8.59. The maximum Gasteiger partial charge on any atom is 0.227 e. The number of nitrogens with zero attached hydrogens (tertiary/aromatic N) is 3. The fraction of sp³-hybridized carbons (Fsp3) is 0.786. The Morgan fingerprint density at radius 2 is 2.42 bits per heavy atom. The second kappa shape index (κ2) is 6.16. The number of ether oxygens (including phenoxy) is 1. The maximum atomic E-state index is 8.59. The Kier molecular flexibility index (Phi) is 4.54. The summed E-state index contributed by atoms with van der Waals surface area (Å²) < 4.78 is 11.2. The van der Waals surface area contributed by atoms with Crippen LogP contribution in [-0.2, 0) is 16.8 Å². The van der Waals surface area contributed by atoms with Crippen molar-refractivity contribution in [2.75, 3.05) is 6.61 Å². The first-order valence-electron chi connectivity index (χ1n) is 7.04. The van der Waals surface area contributed by atoms with Crippen molar-refractivity contribution in [3.05, 3.63) is 11.7 Å². The highest BCUT2D eigenvalue weighted by molar-refractivity contribution is 5.04. The van der Waals surface area contributed by atoms with Crippen LogP contribution in [0.5, 0.6) is 0 Å². The molecule has 1 aromatic heterocycles. The van der Waals surface area contributed by atoms with E-state index in [4.69, 9.17) is 14.5 Å². The molecule has 0 spiro atoms. The summed E-state index contributed by atoms with van der Waals surface area (Å²) >= 11 is 0. The van der Waals surface area contributed by atoms with E-state index < -0.39 is 0 Å². The number of hydrogen-bond acceptors (Lipinski definition) is 5. The first-order chi connectivity index (χ1) is 9.20. The van der Waals surface area contributed by atoms with Crippen molar-refractivity contribution >= 4 is 0 Å². The Bertz CT molecular complexity index is 448. The van der Waals surface area contributed by atoms with Gasteiger partial charge in [0.05, 0.1) is 6.07 Å². The van der Waals surface area contributed by atoms with Crippen molar-refractivity contribution in [3.63, 3.8) is 0 Å². The summed E-state index contributed by atoms with van der Waals surface area (Å²) in [7, 11) is 0. The van der Waals surface area contributed by atoms with Gasteiger partial charge in [-0.15, -0.1) is 0 Å². The first-order valence-corrected chi connectivity index (χ1v) is 7.04. The van der Waals surface area contributed by atoms with E-state index in [1.165, 1.54) is 6.42 Å². The molecule has 0 radical (unpaired) electrons. The predicted octanol–water partition coefficient (Wildman–Crippen LogP) is 2.97. The number of hydrogen-bond donors (Lipinski definition) is 0. The smallest absolute Gasteiger partial charge is 0.227 e. The second-order valence-electron chi connectivity index (χ2n) is 5.30. The van der Waals surface area contributed by atoms with Crippen molar-refractivity contribution in [1.82, 2.24) is 10.1 Å². The average molecular weight is 263 g/mol. The lowest BCUT2D eigenvalue weighted by Crippen LogP contribution is -2.36.